The predicted octanol–water partition coefficient (Wildman–Crippen LogP) is 10.1. The first-order valence-corrected chi connectivity index (χ1v) is 20.3. The Hall–Kier alpha value is 1.27. The van der Waals surface area contributed by atoms with Gasteiger partial charge < -0.3 is 4.70 Å². The van der Waals surface area contributed by atoms with E-state index >= 15 is 0 Å². The Balaban J connectivity index is 0. The van der Waals surface area contributed by atoms with E-state index in [9.17, 15) is 12.9 Å². The van der Waals surface area contributed by atoms with Gasteiger partial charge in [0, 0.05) is 36.5 Å². The molecule has 3 aliphatic carbocycles. The molecule has 2 heterocycles. The van der Waals surface area contributed by atoms with Crippen LogP contribution < -0.4 is 4.70 Å². The summed E-state index contributed by atoms with van der Waals surface area (Å²) in [7, 11) is -2.81. The summed E-state index contributed by atoms with van der Waals surface area (Å²) in [6.07, 6.45) is 38.6. The molecule has 4 unspecified atom stereocenters. The van der Waals surface area contributed by atoms with E-state index in [1.165, 1.54) is 88.4 Å². The van der Waals surface area contributed by atoms with Gasteiger partial charge in [-0.3, -0.25) is 12.9 Å². The Kier molecular flexibility index (Phi) is 30.5. The van der Waals surface area contributed by atoms with E-state index in [1.54, 1.807) is 51.4 Å². The standard InChI is InChI=1S/2C13H25P.C8H12.BF3.FH.Fe.Rh/c2*1-3-11-9-10-12(4-2)14(11)13-7-5-6-8-13;1-2-4-6-8-7-5-3-1;2-1(3)4;;;/h2*11-13H,3-10H2,1-2H3;1-2,7-8H,3-6H2;;1H;;/p-1/b;;2-1-,8-7-;;;;. The molecule has 0 nitrogen and oxygen atoms in total. The van der Waals surface area contributed by atoms with Gasteiger partial charge >= 0.3 is 7.54 Å². The zero-order chi connectivity index (χ0) is 29.2. The first kappa shape index (κ1) is 46.4. The molecule has 0 amide bonds. The van der Waals surface area contributed by atoms with Crippen LogP contribution in [-0.2, 0) is 36.5 Å². The molecule has 0 spiro atoms. The second kappa shape index (κ2) is 28.3. The Morgan fingerprint density at radius 2 is 0.721 bits per heavy atom. The van der Waals surface area contributed by atoms with E-state index in [0.29, 0.717) is 15.8 Å². The van der Waals surface area contributed by atoms with Gasteiger partial charge in [0.2, 0.25) is 0 Å². The molecule has 0 aromatic heterocycles. The average Bonchev–Trinajstić information content (AvgIpc) is 3.74. The van der Waals surface area contributed by atoms with Crippen LogP contribution in [0.4, 0.5) is 12.9 Å². The van der Waals surface area contributed by atoms with Crippen molar-refractivity contribution >= 4 is 23.4 Å². The van der Waals surface area contributed by atoms with Crippen LogP contribution in [0.3, 0.4) is 0 Å². The molecule has 2 aliphatic heterocycles. The van der Waals surface area contributed by atoms with Crippen molar-refractivity contribution < 1.29 is 54.2 Å². The largest absolute Gasteiger partial charge is 1.00 e. The van der Waals surface area contributed by atoms with Gasteiger partial charge in [-0.1, -0.05) is 93.5 Å². The summed E-state index contributed by atoms with van der Waals surface area (Å²) >= 11 is 0. The third-order valence-corrected chi connectivity index (χ3v) is 18.6. The SMILES string of the molecule is C1=C\CC/C=C\CC/1.CCC1CCC(CC)P1C1CCCC1.CCC1CCC(CC)P1C1CCCC1.FB(F)F.[F-].[Fe].[Rh]. The fourth-order valence-corrected chi connectivity index (χ4v) is 17.1. The van der Waals surface area contributed by atoms with Gasteiger partial charge in [-0.25, -0.2) is 0 Å². The zero-order valence-corrected chi connectivity index (χ0v) is 32.1. The van der Waals surface area contributed by atoms with E-state index in [2.05, 4.69) is 52.0 Å². The fraction of sp³-hybridized carbons (Fsp3) is 0.882. The van der Waals surface area contributed by atoms with Gasteiger partial charge in [0.25, 0.3) is 0 Å². The third-order valence-electron chi connectivity index (χ3n) is 10.1. The molecular formula is C34H62BF4FeP2Rh-. The smallest absolute Gasteiger partial charge is 0.762 e. The van der Waals surface area contributed by atoms with E-state index < -0.39 is 7.54 Å². The fourth-order valence-electron chi connectivity index (χ4n) is 8.08. The average molecular weight is 778 g/mol. The number of rotatable bonds is 6. The van der Waals surface area contributed by atoms with E-state index in [0.717, 1.165) is 22.6 Å². The summed E-state index contributed by atoms with van der Waals surface area (Å²) < 4.78 is 29.0. The quantitative estimate of drug-likeness (QED) is 0.109. The van der Waals surface area contributed by atoms with Crippen LogP contribution in [0, 0.1) is 0 Å². The summed E-state index contributed by atoms with van der Waals surface area (Å²) in [5.41, 5.74) is 6.97. The Labute approximate surface area is 290 Å². The summed E-state index contributed by atoms with van der Waals surface area (Å²) in [6.45, 7) is 9.69. The first-order chi connectivity index (χ1) is 19.5. The normalized spacial score (nSPS) is 31.5. The number of halogens is 4. The minimum Gasteiger partial charge on any atom is -1.00 e. The second-order valence-electron chi connectivity index (χ2n) is 12.5. The molecule has 43 heavy (non-hydrogen) atoms. The van der Waals surface area contributed by atoms with Crippen LogP contribution in [0.5, 0.6) is 0 Å². The molecule has 2 saturated heterocycles. The van der Waals surface area contributed by atoms with Crippen molar-refractivity contribution in [1.82, 2.24) is 0 Å². The Morgan fingerprint density at radius 1 is 0.512 bits per heavy atom. The minimum atomic E-state index is -3.67. The molecule has 0 N–H and O–H groups in total. The van der Waals surface area contributed by atoms with Gasteiger partial charge in [0.05, 0.1) is 0 Å². The number of hydrogen-bond acceptors (Lipinski definition) is 0. The predicted molar refractivity (Wildman–Crippen MR) is 179 cm³/mol. The molecule has 0 bridgehead atoms. The van der Waals surface area contributed by atoms with Crippen molar-refractivity contribution in [3.05, 3.63) is 24.3 Å². The Bertz CT molecular complexity index is 601. The van der Waals surface area contributed by atoms with Crippen molar-refractivity contribution in [2.24, 2.45) is 0 Å². The van der Waals surface area contributed by atoms with Gasteiger partial charge in [0.15, 0.2) is 0 Å². The van der Waals surface area contributed by atoms with Gasteiger partial charge in [-0.05, 0) is 137 Å². The maximum Gasteiger partial charge on any atom is 0.762 e. The number of hydrogen-bond donors (Lipinski definition) is 0. The maximum atomic E-state index is 9.67. The first-order valence-electron chi connectivity index (χ1n) is 17.2. The second-order valence-corrected chi connectivity index (χ2v) is 18.7. The van der Waals surface area contributed by atoms with Crippen LogP contribution in [0.25, 0.3) is 0 Å². The molecule has 5 aliphatic rings. The van der Waals surface area contributed by atoms with Crippen molar-refractivity contribution in [3.8, 4) is 0 Å². The van der Waals surface area contributed by atoms with Crippen molar-refractivity contribution in [1.29, 1.82) is 0 Å². The molecular weight excluding hydrogens is 716 g/mol. The summed E-state index contributed by atoms with van der Waals surface area (Å²) in [4.78, 5) is 0. The molecule has 5 rings (SSSR count). The molecule has 4 fully saturated rings. The topological polar surface area (TPSA) is 0 Å². The maximum absolute atomic E-state index is 9.67. The molecule has 9 heteroatoms. The van der Waals surface area contributed by atoms with Crippen LogP contribution in [0.2, 0.25) is 0 Å². The molecule has 257 valence electrons. The van der Waals surface area contributed by atoms with Crippen LogP contribution in [-0.4, -0.2) is 41.5 Å². The zero-order valence-electron chi connectivity index (χ0n) is 27.6. The minimum absolute atomic E-state index is 0. The van der Waals surface area contributed by atoms with Crippen LogP contribution in [0.1, 0.15) is 156 Å². The summed E-state index contributed by atoms with van der Waals surface area (Å²) in [6, 6.07) is 0. The van der Waals surface area contributed by atoms with E-state index in [1.807, 2.05) is 0 Å². The van der Waals surface area contributed by atoms with Gasteiger partial charge in [-0.15, -0.1) is 0 Å². The van der Waals surface area contributed by atoms with E-state index in [4.69, 9.17) is 0 Å². The Morgan fingerprint density at radius 3 is 0.907 bits per heavy atom. The van der Waals surface area contributed by atoms with Crippen molar-refractivity contribution in [2.45, 2.75) is 190 Å². The molecule has 0 aromatic carbocycles. The summed E-state index contributed by atoms with van der Waals surface area (Å²) in [5.74, 6) is 0. The van der Waals surface area contributed by atoms with Gasteiger partial charge in [-0.2, -0.15) is 0 Å². The summed E-state index contributed by atoms with van der Waals surface area (Å²) in [5, 5.41) is 0. The van der Waals surface area contributed by atoms with Crippen molar-refractivity contribution in [3.63, 3.8) is 0 Å². The van der Waals surface area contributed by atoms with E-state index in [-0.39, 0.29) is 41.3 Å². The van der Waals surface area contributed by atoms with Gasteiger partial charge in [0.1, 0.15) is 0 Å². The van der Waals surface area contributed by atoms with Crippen molar-refractivity contribution in [2.75, 3.05) is 0 Å². The van der Waals surface area contributed by atoms with Crippen LogP contribution >= 0.6 is 15.8 Å². The number of allylic oxidation sites excluding steroid dienone is 4. The third kappa shape index (κ3) is 17.3. The monoisotopic (exact) mass is 778 g/mol. The molecule has 2 saturated carbocycles. The van der Waals surface area contributed by atoms with Crippen LogP contribution in [0.15, 0.2) is 24.3 Å². The molecule has 1 radical (unpaired) electrons. The molecule has 4 atom stereocenters. The molecule has 0 aromatic rings.